The van der Waals surface area contributed by atoms with Crippen LogP contribution >= 0.6 is 11.8 Å². The summed E-state index contributed by atoms with van der Waals surface area (Å²) in [6.07, 6.45) is 0.140. The smallest absolute Gasteiger partial charge is 0.309 e. The first kappa shape index (κ1) is 15.3. The summed E-state index contributed by atoms with van der Waals surface area (Å²) in [4.78, 5) is 35.1. The third kappa shape index (κ3) is 4.13. The topological polar surface area (TPSA) is 119 Å². The van der Waals surface area contributed by atoms with E-state index in [-0.39, 0.29) is 36.9 Å². The van der Waals surface area contributed by atoms with E-state index in [0.717, 1.165) is 11.8 Å². The van der Waals surface area contributed by atoms with E-state index < -0.39 is 23.8 Å². The number of carbonyl (C=O) groups is 3. The Hall–Kier alpha value is -1.75. The normalized spacial score (nSPS) is 22.6. The lowest BCUT2D eigenvalue weighted by molar-refractivity contribution is -0.158. The quantitative estimate of drug-likeness (QED) is 0.676. The second-order valence-corrected chi connectivity index (χ2v) is 5.15. The Balaban J connectivity index is 2.61. The Labute approximate surface area is 114 Å². The molecule has 0 aromatic carbocycles. The molecule has 7 nitrogen and oxygen atoms in total. The Bertz CT molecular complexity index is 420. The predicted octanol–water partition coefficient (Wildman–Crippen LogP) is -0.123. The molecule has 0 radical (unpaired) electrons. The molecular weight excluding hydrogens is 272 g/mol. The molecule has 0 saturated carbocycles. The summed E-state index contributed by atoms with van der Waals surface area (Å²) in [5, 5.41) is 26.3. The summed E-state index contributed by atoms with van der Waals surface area (Å²) in [6.45, 7) is 0.158. The molecular formula is C11H14N2O5S. The standard InChI is InChI=1S/C11H14N2O5S/c12-2-4-19-6-9(14)13-3-1-7(10(15)16)8(5-13)11(17)18/h7-8H,1,3-6H2,(H,15,16)(H,17,18). The summed E-state index contributed by atoms with van der Waals surface area (Å²) >= 11 is 1.16. The van der Waals surface area contributed by atoms with E-state index in [9.17, 15) is 14.4 Å². The van der Waals surface area contributed by atoms with Gasteiger partial charge in [0.05, 0.1) is 29.4 Å². The third-order valence-corrected chi connectivity index (χ3v) is 3.78. The van der Waals surface area contributed by atoms with Gasteiger partial charge in [0, 0.05) is 13.1 Å². The van der Waals surface area contributed by atoms with Gasteiger partial charge in [-0.2, -0.15) is 5.26 Å². The van der Waals surface area contributed by atoms with E-state index in [1.807, 2.05) is 6.07 Å². The maximum absolute atomic E-state index is 11.8. The zero-order valence-electron chi connectivity index (χ0n) is 10.1. The van der Waals surface area contributed by atoms with Gasteiger partial charge >= 0.3 is 11.9 Å². The molecule has 2 N–H and O–H groups in total. The van der Waals surface area contributed by atoms with Crippen molar-refractivity contribution in [1.82, 2.24) is 4.90 Å². The van der Waals surface area contributed by atoms with Crippen molar-refractivity contribution in [1.29, 1.82) is 5.26 Å². The van der Waals surface area contributed by atoms with E-state index in [1.165, 1.54) is 4.90 Å². The number of aliphatic carboxylic acids is 2. The lowest BCUT2D eigenvalue weighted by Gasteiger charge is -2.34. The Kier molecular flexibility index (Phi) is 5.63. The number of hydrogen-bond donors (Lipinski definition) is 2. The van der Waals surface area contributed by atoms with Crippen LogP contribution in [0.25, 0.3) is 0 Å². The molecule has 1 rings (SSSR count). The number of likely N-dealkylation sites (tertiary alicyclic amines) is 1. The van der Waals surface area contributed by atoms with Gasteiger partial charge in [-0.1, -0.05) is 0 Å². The van der Waals surface area contributed by atoms with Gasteiger partial charge in [0.1, 0.15) is 0 Å². The van der Waals surface area contributed by atoms with Crippen LogP contribution in [0.2, 0.25) is 0 Å². The highest BCUT2D eigenvalue weighted by Crippen LogP contribution is 2.24. The van der Waals surface area contributed by atoms with E-state index in [1.54, 1.807) is 0 Å². The maximum Gasteiger partial charge on any atom is 0.309 e. The number of rotatable bonds is 5. The lowest BCUT2D eigenvalue weighted by atomic mass is 9.85. The molecule has 2 unspecified atom stereocenters. The number of amides is 1. The molecule has 0 bridgehead atoms. The number of nitrogens with zero attached hydrogens (tertiary/aromatic N) is 2. The highest BCUT2D eigenvalue weighted by atomic mass is 32.2. The van der Waals surface area contributed by atoms with E-state index in [2.05, 4.69) is 0 Å². The average Bonchev–Trinajstić information content (AvgIpc) is 2.38. The average molecular weight is 286 g/mol. The van der Waals surface area contributed by atoms with Crippen LogP contribution in [0.3, 0.4) is 0 Å². The highest BCUT2D eigenvalue weighted by molar-refractivity contribution is 8.00. The molecule has 1 aliphatic rings. The summed E-state index contributed by atoms with van der Waals surface area (Å²) in [7, 11) is 0. The minimum atomic E-state index is -1.20. The number of piperidine rings is 1. The van der Waals surface area contributed by atoms with Gasteiger partial charge in [-0.15, -0.1) is 11.8 Å². The fourth-order valence-electron chi connectivity index (χ4n) is 2.00. The number of nitriles is 1. The van der Waals surface area contributed by atoms with Gasteiger partial charge in [0.15, 0.2) is 0 Å². The molecule has 0 spiro atoms. The van der Waals surface area contributed by atoms with Gasteiger partial charge in [0.2, 0.25) is 5.91 Å². The van der Waals surface area contributed by atoms with Crippen molar-refractivity contribution in [3.63, 3.8) is 0 Å². The summed E-state index contributed by atoms with van der Waals surface area (Å²) in [6, 6.07) is 1.90. The van der Waals surface area contributed by atoms with Crippen molar-refractivity contribution >= 4 is 29.6 Å². The van der Waals surface area contributed by atoms with Crippen molar-refractivity contribution < 1.29 is 24.6 Å². The second-order valence-electron chi connectivity index (χ2n) is 4.17. The molecule has 19 heavy (non-hydrogen) atoms. The van der Waals surface area contributed by atoms with Gasteiger partial charge in [0.25, 0.3) is 0 Å². The largest absolute Gasteiger partial charge is 0.481 e. The van der Waals surface area contributed by atoms with Crippen LogP contribution in [0, 0.1) is 23.2 Å². The lowest BCUT2D eigenvalue weighted by Crippen LogP contribution is -2.49. The van der Waals surface area contributed by atoms with Crippen LogP contribution in [-0.4, -0.2) is 57.6 Å². The zero-order valence-corrected chi connectivity index (χ0v) is 10.9. The SMILES string of the molecule is N#CCSCC(=O)N1CCC(C(=O)O)C(C(=O)O)C1. The minimum Gasteiger partial charge on any atom is -0.481 e. The summed E-state index contributed by atoms with van der Waals surface area (Å²) < 4.78 is 0. The number of carboxylic acids is 2. The molecule has 1 saturated heterocycles. The first-order valence-electron chi connectivity index (χ1n) is 5.65. The number of carbonyl (C=O) groups excluding carboxylic acids is 1. The first-order valence-corrected chi connectivity index (χ1v) is 6.81. The van der Waals surface area contributed by atoms with Crippen LogP contribution in [-0.2, 0) is 14.4 Å². The van der Waals surface area contributed by atoms with E-state index in [4.69, 9.17) is 15.5 Å². The monoisotopic (exact) mass is 286 g/mol. The Morgan fingerprint density at radius 1 is 1.26 bits per heavy atom. The second kappa shape index (κ2) is 6.99. The molecule has 8 heteroatoms. The zero-order chi connectivity index (χ0) is 14.4. The van der Waals surface area contributed by atoms with Crippen LogP contribution in [0.1, 0.15) is 6.42 Å². The Morgan fingerprint density at radius 2 is 1.89 bits per heavy atom. The van der Waals surface area contributed by atoms with E-state index >= 15 is 0 Å². The van der Waals surface area contributed by atoms with Crippen molar-refractivity contribution in [2.24, 2.45) is 11.8 Å². The van der Waals surface area contributed by atoms with Gasteiger partial charge in [-0.3, -0.25) is 14.4 Å². The molecule has 104 valence electrons. The van der Waals surface area contributed by atoms with Crippen LogP contribution in [0.5, 0.6) is 0 Å². The molecule has 1 fully saturated rings. The summed E-state index contributed by atoms with van der Waals surface area (Å²) in [5.74, 6) is -4.31. The first-order chi connectivity index (χ1) is 8.97. The molecule has 0 aliphatic carbocycles. The van der Waals surface area contributed by atoms with Crippen molar-refractivity contribution in [3.8, 4) is 6.07 Å². The third-order valence-electron chi connectivity index (χ3n) is 2.99. The Morgan fingerprint density at radius 3 is 2.42 bits per heavy atom. The molecule has 0 aromatic rings. The number of hydrogen-bond acceptors (Lipinski definition) is 5. The maximum atomic E-state index is 11.8. The highest BCUT2D eigenvalue weighted by Gasteiger charge is 2.39. The molecule has 1 amide bonds. The molecule has 1 heterocycles. The number of carboxylic acid groups (broad SMARTS) is 2. The molecule has 1 aliphatic heterocycles. The van der Waals surface area contributed by atoms with Crippen molar-refractivity contribution in [2.45, 2.75) is 6.42 Å². The summed E-state index contributed by atoms with van der Waals surface area (Å²) in [5.41, 5.74) is 0. The van der Waals surface area contributed by atoms with Gasteiger partial charge in [-0.25, -0.2) is 0 Å². The van der Waals surface area contributed by atoms with Crippen LogP contribution in [0.4, 0.5) is 0 Å². The van der Waals surface area contributed by atoms with Gasteiger partial charge < -0.3 is 15.1 Å². The minimum absolute atomic E-state index is 0.0851. The fourth-order valence-corrected chi connectivity index (χ4v) is 2.55. The molecule has 0 aromatic heterocycles. The van der Waals surface area contributed by atoms with Crippen molar-refractivity contribution in [3.05, 3.63) is 0 Å². The van der Waals surface area contributed by atoms with Crippen LogP contribution < -0.4 is 0 Å². The molecule has 2 atom stereocenters. The van der Waals surface area contributed by atoms with Crippen molar-refractivity contribution in [2.75, 3.05) is 24.6 Å². The predicted molar refractivity (Wildman–Crippen MR) is 66.4 cm³/mol. The van der Waals surface area contributed by atoms with E-state index in [0.29, 0.717) is 0 Å². The van der Waals surface area contributed by atoms with Gasteiger partial charge in [-0.05, 0) is 6.42 Å². The fraction of sp³-hybridized carbons (Fsp3) is 0.636. The number of thioether (sulfide) groups is 1. The van der Waals surface area contributed by atoms with Crippen LogP contribution in [0.15, 0.2) is 0 Å².